The van der Waals surface area contributed by atoms with Gasteiger partial charge in [0.15, 0.2) is 0 Å². The van der Waals surface area contributed by atoms with E-state index < -0.39 is 15.8 Å². The van der Waals surface area contributed by atoms with E-state index in [0.717, 1.165) is 25.2 Å². The molecule has 0 radical (unpaired) electrons. The lowest BCUT2D eigenvalue weighted by Crippen LogP contribution is -2.35. The zero-order valence-electron chi connectivity index (χ0n) is 13.7. The van der Waals surface area contributed by atoms with E-state index in [4.69, 9.17) is 4.74 Å². The molecule has 3 fully saturated rings. The van der Waals surface area contributed by atoms with Gasteiger partial charge in [-0.05, 0) is 31.0 Å². The molecule has 3 heterocycles. The molecule has 3 saturated heterocycles. The van der Waals surface area contributed by atoms with Crippen LogP contribution >= 0.6 is 0 Å². The predicted molar refractivity (Wildman–Crippen MR) is 90.3 cm³/mol. The molecule has 9 heteroatoms. The molecule has 0 spiro atoms. The van der Waals surface area contributed by atoms with Crippen LogP contribution in [0.15, 0.2) is 18.2 Å². The van der Waals surface area contributed by atoms with Gasteiger partial charge in [-0.15, -0.1) is 0 Å². The minimum absolute atomic E-state index is 0.0464. The molecule has 2 bridgehead atoms. The number of likely N-dealkylation sites (tertiary alicyclic amines) is 1. The Morgan fingerprint density at radius 2 is 1.88 bits per heavy atom. The summed E-state index contributed by atoms with van der Waals surface area (Å²) < 4.78 is 44.7. The lowest BCUT2D eigenvalue weighted by molar-refractivity contribution is 0.0746. The number of amides is 2. The van der Waals surface area contributed by atoms with E-state index in [0.29, 0.717) is 24.9 Å². The molecule has 3 aliphatic heterocycles. The van der Waals surface area contributed by atoms with Crippen LogP contribution in [0.3, 0.4) is 0 Å². The highest BCUT2D eigenvalue weighted by Gasteiger charge is 2.53. The topological polar surface area (TPSA) is 87.7 Å². The maximum Gasteiger partial charge on any atom is 0.321 e. The highest BCUT2D eigenvalue weighted by molar-refractivity contribution is 7.92. The number of urea groups is 1. The third-order valence-corrected chi connectivity index (χ3v) is 5.86. The largest absolute Gasteiger partial charge is 0.374 e. The molecule has 0 aromatic heterocycles. The van der Waals surface area contributed by atoms with Crippen molar-refractivity contribution in [2.75, 3.05) is 29.4 Å². The predicted octanol–water partition coefficient (Wildman–Crippen LogP) is 1.84. The number of fused-ring (bicyclic) bond motifs is 5. The number of sulfonamides is 1. The molecule has 4 rings (SSSR count). The summed E-state index contributed by atoms with van der Waals surface area (Å²) in [6.07, 6.45) is 3.59. The smallest absolute Gasteiger partial charge is 0.321 e. The number of anilines is 2. The van der Waals surface area contributed by atoms with Crippen molar-refractivity contribution < 1.29 is 22.3 Å². The zero-order chi connectivity index (χ0) is 17.8. The molecular weight excluding hydrogens is 349 g/mol. The minimum atomic E-state index is -3.48. The summed E-state index contributed by atoms with van der Waals surface area (Å²) in [7, 11) is -3.48. The van der Waals surface area contributed by atoms with Gasteiger partial charge in [-0.2, -0.15) is 0 Å². The van der Waals surface area contributed by atoms with E-state index in [2.05, 4.69) is 10.0 Å². The van der Waals surface area contributed by atoms with Gasteiger partial charge < -0.3 is 15.0 Å². The summed E-state index contributed by atoms with van der Waals surface area (Å²) >= 11 is 0. The number of halogens is 1. The molecule has 7 nitrogen and oxygen atoms in total. The number of benzene rings is 1. The molecule has 136 valence electrons. The second kappa shape index (κ2) is 5.84. The van der Waals surface area contributed by atoms with Gasteiger partial charge in [0.05, 0.1) is 29.8 Å². The fraction of sp³-hybridized carbons (Fsp3) is 0.562. The van der Waals surface area contributed by atoms with Crippen molar-refractivity contribution in [1.29, 1.82) is 0 Å². The first-order valence-corrected chi connectivity index (χ1v) is 10.2. The van der Waals surface area contributed by atoms with Crippen LogP contribution in [-0.4, -0.2) is 50.9 Å². The second-order valence-electron chi connectivity index (χ2n) is 7.02. The normalized spacial score (nSPS) is 30.4. The standard InChI is InChI=1S/C16H20FN3O4S/c1-25(22,23)19-9-2-3-12(17)13(6-9)18-16(21)20-7-10-11(8-20)15-5-4-14(10)24-15/h2-3,6,10-11,14-15,19H,4-5,7-8H2,1H3,(H,18,21)/t10-,11+,14+,15-. The molecule has 2 amide bonds. The molecule has 0 saturated carbocycles. The first kappa shape index (κ1) is 16.6. The van der Waals surface area contributed by atoms with Crippen LogP contribution < -0.4 is 10.0 Å². The Hall–Kier alpha value is -1.87. The number of carbonyl (C=O) groups is 1. The molecule has 1 aromatic rings. The zero-order valence-corrected chi connectivity index (χ0v) is 14.6. The number of carbonyl (C=O) groups excluding carboxylic acids is 1. The van der Waals surface area contributed by atoms with Gasteiger partial charge >= 0.3 is 6.03 Å². The van der Waals surface area contributed by atoms with Crippen LogP contribution in [-0.2, 0) is 14.8 Å². The van der Waals surface area contributed by atoms with Crippen molar-refractivity contribution in [3.8, 4) is 0 Å². The Morgan fingerprint density at radius 3 is 2.48 bits per heavy atom. The van der Waals surface area contributed by atoms with E-state index in [1.165, 1.54) is 12.1 Å². The Bertz CT molecular complexity index is 798. The SMILES string of the molecule is CS(=O)(=O)Nc1ccc(F)c(NC(=O)N2C[C@@H]3[C@H](C2)[C@H]2CC[C@@H]3O2)c1. The molecular formula is C16H20FN3O4S. The van der Waals surface area contributed by atoms with Crippen LogP contribution in [0, 0.1) is 17.7 Å². The second-order valence-corrected chi connectivity index (χ2v) is 8.77. The van der Waals surface area contributed by atoms with Gasteiger partial charge in [-0.1, -0.05) is 0 Å². The van der Waals surface area contributed by atoms with Crippen molar-refractivity contribution in [3.63, 3.8) is 0 Å². The highest BCUT2D eigenvalue weighted by atomic mass is 32.2. The van der Waals surface area contributed by atoms with Crippen LogP contribution in [0.25, 0.3) is 0 Å². The Morgan fingerprint density at radius 1 is 1.24 bits per heavy atom. The van der Waals surface area contributed by atoms with E-state index in [1.807, 2.05) is 0 Å². The number of ether oxygens (including phenoxy) is 1. The van der Waals surface area contributed by atoms with Crippen molar-refractivity contribution >= 4 is 27.4 Å². The third-order valence-electron chi connectivity index (χ3n) is 5.25. The number of hydrogen-bond donors (Lipinski definition) is 2. The minimum Gasteiger partial charge on any atom is -0.374 e. The number of hydrogen-bond acceptors (Lipinski definition) is 4. The third kappa shape index (κ3) is 3.18. The first-order chi connectivity index (χ1) is 11.8. The maximum absolute atomic E-state index is 14.0. The van der Waals surface area contributed by atoms with Crippen molar-refractivity contribution in [2.45, 2.75) is 25.0 Å². The van der Waals surface area contributed by atoms with Crippen LogP contribution in [0.4, 0.5) is 20.6 Å². The molecule has 0 unspecified atom stereocenters. The van der Waals surface area contributed by atoms with E-state index in [-0.39, 0.29) is 29.6 Å². The van der Waals surface area contributed by atoms with Crippen LogP contribution in [0.1, 0.15) is 12.8 Å². The quantitative estimate of drug-likeness (QED) is 0.851. The van der Waals surface area contributed by atoms with Gasteiger partial charge in [0.25, 0.3) is 0 Å². The van der Waals surface area contributed by atoms with E-state index >= 15 is 0 Å². The molecule has 3 aliphatic rings. The molecule has 2 N–H and O–H groups in total. The summed E-state index contributed by atoms with van der Waals surface area (Å²) in [6, 6.07) is 3.33. The van der Waals surface area contributed by atoms with Gasteiger partial charge in [-0.25, -0.2) is 17.6 Å². The van der Waals surface area contributed by atoms with Crippen LogP contribution in [0.5, 0.6) is 0 Å². The highest BCUT2D eigenvalue weighted by Crippen LogP contribution is 2.47. The molecule has 4 atom stereocenters. The Kier molecular flexibility index (Phi) is 3.88. The van der Waals surface area contributed by atoms with E-state index in [1.54, 1.807) is 4.90 Å². The van der Waals surface area contributed by atoms with Gasteiger partial charge in [0, 0.05) is 24.9 Å². The fourth-order valence-corrected chi connectivity index (χ4v) is 4.77. The maximum atomic E-state index is 14.0. The van der Waals surface area contributed by atoms with Crippen molar-refractivity contribution in [3.05, 3.63) is 24.0 Å². The lowest BCUT2D eigenvalue weighted by atomic mass is 9.82. The monoisotopic (exact) mass is 369 g/mol. The summed E-state index contributed by atoms with van der Waals surface area (Å²) in [6.45, 7) is 1.22. The first-order valence-electron chi connectivity index (χ1n) is 8.29. The van der Waals surface area contributed by atoms with Gasteiger partial charge in [-0.3, -0.25) is 4.72 Å². The summed E-state index contributed by atoms with van der Waals surface area (Å²) in [5.41, 5.74) is 0.152. The number of nitrogens with one attached hydrogen (secondary N) is 2. The van der Waals surface area contributed by atoms with E-state index in [9.17, 15) is 17.6 Å². The molecule has 1 aromatic carbocycles. The van der Waals surface area contributed by atoms with Crippen molar-refractivity contribution in [1.82, 2.24) is 4.90 Å². The average Bonchev–Trinajstić information content (AvgIpc) is 3.20. The lowest BCUT2D eigenvalue weighted by Gasteiger charge is -2.20. The Labute approximate surface area is 145 Å². The fourth-order valence-electron chi connectivity index (χ4n) is 4.22. The Balaban J connectivity index is 1.45. The summed E-state index contributed by atoms with van der Waals surface area (Å²) in [5, 5.41) is 2.55. The van der Waals surface area contributed by atoms with Crippen LogP contribution in [0.2, 0.25) is 0 Å². The molecule has 25 heavy (non-hydrogen) atoms. The number of rotatable bonds is 3. The molecule has 0 aliphatic carbocycles. The van der Waals surface area contributed by atoms with Gasteiger partial charge in [0.1, 0.15) is 5.82 Å². The average molecular weight is 369 g/mol. The summed E-state index contributed by atoms with van der Waals surface area (Å²) in [4.78, 5) is 14.2. The van der Waals surface area contributed by atoms with Crippen molar-refractivity contribution in [2.24, 2.45) is 11.8 Å². The summed E-state index contributed by atoms with van der Waals surface area (Å²) in [5.74, 6) is 0.121. The number of nitrogens with zero attached hydrogens (tertiary/aromatic N) is 1. The van der Waals surface area contributed by atoms with Gasteiger partial charge in [0.2, 0.25) is 10.0 Å².